The number of nitrogens with zero attached hydrogens (tertiary/aromatic N) is 1. The second-order valence-corrected chi connectivity index (χ2v) is 8.62. The largest absolute Gasteiger partial charge is 0.377 e. The Hall–Kier alpha value is -1.90. The van der Waals surface area contributed by atoms with E-state index in [0.717, 1.165) is 0 Å². The molecule has 26 heavy (non-hydrogen) atoms. The van der Waals surface area contributed by atoms with E-state index in [1.807, 2.05) is 0 Å². The predicted octanol–water partition coefficient (Wildman–Crippen LogP) is 2.25. The van der Waals surface area contributed by atoms with Gasteiger partial charge in [0.15, 0.2) is 9.84 Å². The monoisotopic (exact) mass is 398 g/mol. The number of aromatic amines is 1. The van der Waals surface area contributed by atoms with Gasteiger partial charge in [-0.25, -0.2) is 8.42 Å². The maximum Gasteiger partial charge on any atom is 0.277 e. The molecule has 0 spiro atoms. The standard InChI is InChI=1S/C17H19ClN2O5S/c1-4-20-17(22)11(8-19-20)15(21)10-7-12(18)16-14(9(10)2)13(25-3)5-6-26(16,23)24/h7-8,13,19H,4-6H2,1-3H3. The van der Waals surface area contributed by atoms with Gasteiger partial charge in [-0.05, 0) is 31.9 Å². The molecule has 1 aliphatic heterocycles. The quantitative estimate of drug-likeness (QED) is 0.796. The molecule has 2 aromatic rings. The molecule has 3 rings (SSSR count). The van der Waals surface area contributed by atoms with E-state index >= 15 is 0 Å². The smallest absolute Gasteiger partial charge is 0.277 e. The Labute approximate surface area is 155 Å². The normalized spacial score (nSPS) is 18.5. The number of halogens is 1. The lowest BCUT2D eigenvalue weighted by Gasteiger charge is -2.28. The summed E-state index contributed by atoms with van der Waals surface area (Å²) < 4.78 is 31.7. The molecule has 0 aliphatic carbocycles. The molecule has 1 aliphatic rings. The van der Waals surface area contributed by atoms with Crippen LogP contribution in [0.15, 0.2) is 22.0 Å². The van der Waals surface area contributed by atoms with Gasteiger partial charge >= 0.3 is 0 Å². The molecule has 1 N–H and O–H groups in total. The summed E-state index contributed by atoms with van der Waals surface area (Å²) in [5.41, 5.74) is 0.627. The summed E-state index contributed by atoms with van der Waals surface area (Å²) in [5, 5.41) is 2.71. The van der Waals surface area contributed by atoms with Gasteiger partial charge in [-0.15, -0.1) is 0 Å². The van der Waals surface area contributed by atoms with Gasteiger partial charge in [0.2, 0.25) is 5.78 Å². The number of carbonyl (C=O) groups excluding carboxylic acids is 1. The lowest BCUT2D eigenvalue weighted by molar-refractivity contribution is 0.0952. The third kappa shape index (κ3) is 2.82. The molecule has 9 heteroatoms. The number of aryl methyl sites for hydroxylation is 1. The van der Waals surface area contributed by atoms with Crippen LogP contribution in [0.4, 0.5) is 0 Å². The van der Waals surface area contributed by atoms with Gasteiger partial charge in [0, 0.05) is 31.0 Å². The topological polar surface area (TPSA) is 98.2 Å². The first-order valence-corrected chi connectivity index (χ1v) is 10.2. The van der Waals surface area contributed by atoms with Crippen molar-refractivity contribution in [2.45, 2.75) is 37.8 Å². The van der Waals surface area contributed by atoms with Gasteiger partial charge in [0.05, 0.1) is 21.8 Å². The first kappa shape index (κ1) is 18.9. The molecule has 1 aromatic carbocycles. The summed E-state index contributed by atoms with van der Waals surface area (Å²) in [7, 11) is -2.06. The number of rotatable bonds is 4. The third-order valence-electron chi connectivity index (χ3n) is 4.75. The van der Waals surface area contributed by atoms with Crippen molar-refractivity contribution in [3.63, 3.8) is 0 Å². The fourth-order valence-electron chi connectivity index (χ4n) is 3.38. The zero-order chi connectivity index (χ0) is 19.2. The number of carbonyl (C=O) groups is 1. The van der Waals surface area contributed by atoms with E-state index in [2.05, 4.69) is 5.10 Å². The Morgan fingerprint density at radius 2 is 2.12 bits per heavy atom. The van der Waals surface area contributed by atoms with E-state index < -0.39 is 27.3 Å². The fraction of sp³-hybridized carbons (Fsp3) is 0.412. The van der Waals surface area contributed by atoms with Crippen LogP contribution in [0.1, 0.15) is 46.5 Å². The number of benzene rings is 1. The van der Waals surface area contributed by atoms with Crippen molar-refractivity contribution in [1.82, 2.24) is 9.78 Å². The van der Waals surface area contributed by atoms with Crippen molar-refractivity contribution < 1.29 is 17.9 Å². The lowest BCUT2D eigenvalue weighted by atomic mass is 9.93. The molecule has 0 fully saturated rings. The minimum absolute atomic E-state index is 0.0152. The number of hydrogen-bond acceptors (Lipinski definition) is 5. The Kier molecular flexibility index (Phi) is 4.85. The third-order valence-corrected chi connectivity index (χ3v) is 7.00. The number of nitrogens with one attached hydrogen (secondary N) is 1. The van der Waals surface area contributed by atoms with E-state index in [0.29, 0.717) is 17.7 Å². The highest BCUT2D eigenvalue weighted by atomic mass is 35.5. The number of sulfone groups is 1. The molecular formula is C17H19ClN2O5S. The summed E-state index contributed by atoms with van der Waals surface area (Å²) >= 11 is 6.25. The average Bonchev–Trinajstić information content (AvgIpc) is 2.97. The van der Waals surface area contributed by atoms with Crippen LogP contribution in [-0.2, 0) is 21.1 Å². The van der Waals surface area contributed by atoms with Gasteiger partial charge in [-0.1, -0.05) is 11.6 Å². The summed E-state index contributed by atoms with van der Waals surface area (Å²) in [5.74, 6) is -0.567. The second-order valence-electron chi connectivity index (χ2n) is 6.17. The molecule has 140 valence electrons. The van der Waals surface area contributed by atoms with Crippen LogP contribution in [0.2, 0.25) is 5.02 Å². The van der Waals surface area contributed by atoms with Crippen molar-refractivity contribution in [3.05, 3.63) is 49.9 Å². The zero-order valence-electron chi connectivity index (χ0n) is 14.6. The number of aromatic nitrogens is 2. The Morgan fingerprint density at radius 3 is 2.69 bits per heavy atom. The van der Waals surface area contributed by atoms with Gasteiger partial charge in [0.1, 0.15) is 5.56 Å². The van der Waals surface area contributed by atoms with Crippen LogP contribution < -0.4 is 5.56 Å². The van der Waals surface area contributed by atoms with Gasteiger partial charge in [0.25, 0.3) is 5.56 Å². The molecule has 0 saturated heterocycles. The van der Waals surface area contributed by atoms with Gasteiger partial charge in [-0.3, -0.25) is 14.3 Å². The number of methoxy groups -OCH3 is 1. The number of ether oxygens (including phenoxy) is 1. The SMILES string of the molecule is CCn1[nH]cc(C(=O)c2cc(Cl)c3c(c2C)C(OC)CCS3(=O)=O)c1=O. The Bertz CT molecular complexity index is 1050. The summed E-state index contributed by atoms with van der Waals surface area (Å²) in [6.07, 6.45) is 1.16. The van der Waals surface area contributed by atoms with E-state index in [1.165, 1.54) is 24.1 Å². The highest BCUT2D eigenvalue weighted by Gasteiger charge is 2.36. The number of fused-ring (bicyclic) bond motifs is 1. The molecule has 0 saturated carbocycles. The summed E-state index contributed by atoms with van der Waals surface area (Å²) in [4.78, 5) is 25.2. The molecule has 7 nitrogen and oxygen atoms in total. The van der Waals surface area contributed by atoms with E-state index in [-0.39, 0.29) is 33.2 Å². The van der Waals surface area contributed by atoms with Crippen molar-refractivity contribution in [1.29, 1.82) is 0 Å². The average molecular weight is 399 g/mol. The van der Waals surface area contributed by atoms with Crippen molar-refractivity contribution >= 4 is 27.2 Å². The molecule has 2 heterocycles. The van der Waals surface area contributed by atoms with Gasteiger partial charge in [-0.2, -0.15) is 0 Å². The van der Waals surface area contributed by atoms with E-state index in [1.54, 1.807) is 13.8 Å². The second kappa shape index (κ2) is 6.68. The van der Waals surface area contributed by atoms with Crippen molar-refractivity contribution in [3.8, 4) is 0 Å². The summed E-state index contributed by atoms with van der Waals surface area (Å²) in [6.45, 7) is 3.83. The molecular weight excluding hydrogens is 380 g/mol. The van der Waals surface area contributed by atoms with E-state index in [4.69, 9.17) is 16.3 Å². The Morgan fingerprint density at radius 1 is 1.42 bits per heavy atom. The van der Waals surface area contributed by atoms with Crippen LogP contribution >= 0.6 is 11.6 Å². The van der Waals surface area contributed by atoms with Gasteiger partial charge < -0.3 is 9.84 Å². The minimum atomic E-state index is -3.55. The van der Waals surface area contributed by atoms with Crippen LogP contribution in [0, 0.1) is 6.92 Å². The Balaban J connectivity index is 2.25. The molecule has 1 atom stereocenters. The van der Waals surface area contributed by atoms with Crippen LogP contribution in [0.3, 0.4) is 0 Å². The van der Waals surface area contributed by atoms with Crippen LogP contribution in [0.25, 0.3) is 0 Å². The van der Waals surface area contributed by atoms with Crippen LogP contribution in [0.5, 0.6) is 0 Å². The van der Waals surface area contributed by atoms with Crippen molar-refractivity contribution in [2.24, 2.45) is 0 Å². The molecule has 1 unspecified atom stereocenters. The molecule has 1 aromatic heterocycles. The number of ketones is 1. The zero-order valence-corrected chi connectivity index (χ0v) is 16.2. The maximum atomic E-state index is 12.9. The first-order valence-electron chi connectivity index (χ1n) is 8.14. The predicted molar refractivity (Wildman–Crippen MR) is 96.8 cm³/mol. The molecule has 0 amide bonds. The highest BCUT2D eigenvalue weighted by molar-refractivity contribution is 7.91. The minimum Gasteiger partial charge on any atom is -0.377 e. The van der Waals surface area contributed by atoms with Crippen LogP contribution in [-0.4, -0.2) is 36.8 Å². The summed E-state index contributed by atoms with van der Waals surface area (Å²) in [6, 6.07) is 1.33. The highest BCUT2D eigenvalue weighted by Crippen LogP contribution is 2.42. The first-order chi connectivity index (χ1) is 12.2. The molecule has 0 bridgehead atoms. The fourth-order valence-corrected chi connectivity index (χ4v) is 5.65. The molecule has 0 radical (unpaired) electrons. The van der Waals surface area contributed by atoms with E-state index in [9.17, 15) is 18.0 Å². The lowest BCUT2D eigenvalue weighted by Crippen LogP contribution is -2.25. The number of H-pyrrole nitrogens is 1. The number of hydrogen-bond donors (Lipinski definition) is 1. The van der Waals surface area contributed by atoms with Crippen molar-refractivity contribution in [2.75, 3.05) is 12.9 Å². The maximum absolute atomic E-state index is 12.9.